The van der Waals surface area contributed by atoms with E-state index < -0.39 is 5.60 Å². The number of aliphatic hydroxyl groups is 1. The summed E-state index contributed by atoms with van der Waals surface area (Å²) in [5.74, 6) is -0.0536. The van der Waals surface area contributed by atoms with E-state index in [9.17, 15) is 9.90 Å². The van der Waals surface area contributed by atoms with Crippen molar-refractivity contribution in [3.8, 4) is 6.01 Å². The van der Waals surface area contributed by atoms with Crippen LogP contribution in [0.25, 0.3) is 0 Å². The number of nitrogen functional groups attached to an aromatic ring is 1. The molecule has 0 unspecified atom stereocenters. The van der Waals surface area contributed by atoms with Crippen molar-refractivity contribution in [2.45, 2.75) is 37.7 Å². The minimum atomic E-state index is -0.549. The van der Waals surface area contributed by atoms with Crippen LogP contribution < -0.4 is 15.4 Å². The van der Waals surface area contributed by atoms with E-state index in [1.807, 2.05) is 24.3 Å². The molecular weight excluding hydrogens is 332 g/mol. The van der Waals surface area contributed by atoms with E-state index >= 15 is 0 Å². The Labute approximate surface area is 151 Å². The Morgan fingerprint density at radius 3 is 2.62 bits per heavy atom. The molecule has 136 valence electrons. The molecule has 4 rings (SSSR count). The van der Waals surface area contributed by atoms with E-state index in [0.29, 0.717) is 30.6 Å². The lowest BCUT2D eigenvalue weighted by molar-refractivity contribution is -0.0322. The second-order valence-corrected chi connectivity index (χ2v) is 7.05. The minimum absolute atomic E-state index is 0.144. The SMILES string of the molecule is COc1nc(N)c2c(n1)CCN(c1ccc(CC3(O)CCC3)cc1)C2=O. The summed E-state index contributed by atoms with van der Waals surface area (Å²) >= 11 is 0. The highest BCUT2D eigenvalue weighted by molar-refractivity contribution is 6.10. The van der Waals surface area contributed by atoms with Crippen molar-refractivity contribution >= 4 is 17.4 Å². The molecule has 0 radical (unpaired) electrons. The van der Waals surface area contributed by atoms with Gasteiger partial charge in [-0.25, -0.2) is 0 Å². The Kier molecular flexibility index (Phi) is 4.03. The molecule has 1 aromatic heterocycles. The Balaban J connectivity index is 1.56. The van der Waals surface area contributed by atoms with Gasteiger partial charge in [0.1, 0.15) is 11.4 Å². The van der Waals surface area contributed by atoms with Crippen LogP contribution in [-0.2, 0) is 12.8 Å². The first-order valence-corrected chi connectivity index (χ1v) is 8.83. The maximum absolute atomic E-state index is 12.9. The van der Waals surface area contributed by atoms with E-state index in [-0.39, 0.29) is 17.7 Å². The van der Waals surface area contributed by atoms with Crippen LogP contribution >= 0.6 is 0 Å². The zero-order chi connectivity index (χ0) is 18.3. The molecule has 1 fully saturated rings. The van der Waals surface area contributed by atoms with Gasteiger partial charge in [-0.1, -0.05) is 12.1 Å². The molecule has 3 N–H and O–H groups in total. The summed E-state index contributed by atoms with van der Waals surface area (Å²) in [7, 11) is 1.47. The first-order chi connectivity index (χ1) is 12.5. The van der Waals surface area contributed by atoms with E-state index in [2.05, 4.69) is 9.97 Å². The molecule has 0 saturated heterocycles. The monoisotopic (exact) mass is 354 g/mol. The number of carbonyl (C=O) groups is 1. The van der Waals surface area contributed by atoms with Gasteiger partial charge in [-0.2, -0.15) is 9.97 Å². The molecule has 26 heavy (non-hydrogen) atoms. The highest BCUT2D eigenvalue weighted by Gasteiger charge is 2.34. The second kappa shape index (κ2) is 6.25. The number of ether oxygens (including phenoxy) is 1. The van der Waals surface area contributed by atoms with E-state index in [0.717, 1.165) is 30.5 Å². The van der Waals surface area contributed by atoms with Gasteiger partial charge in [0.05, 0.1) is 18.4 Å². The molecule has 2 aliphatic rings. The van der Waals surface area contributed by atoms with Gasteiger partial charge in [0.2, 0.25) is 0 Å². The first-order valence-electron chi connectivity index (χ1n) is 8.83. The van der Waals surface area contributed by atoms with Gasteiger partial charge in [0, 0.05) is 25.1 Å². The summed E-state index contributed by atoms with van der Waals surface area (Å²) in [5.41, 5.74) is 8.27. The Hall–Kier alpha value is -2.67. The van der Waals surface area contributed by atoms with Crippen LogP contribution in [-0.4, -0.2) is 40.2 Å². The van der Waals surface area contributed by atoms with Crippen molar-refractivity contribution in [2.24, 2.45) is 0 Å². The number of aromatic nitrogens is 2. The quantitative estimate of drug-likeness (QED) is 0.867. The maximum Gasteiger partial charge on any atom is 0.318 e. The summed E-state index contributed by atoms with van der Waals surface area (Å²) in [6, 6.07) is 7.97. The molecule has 1 aromatic carbocycles. The fraction of sp³-hybridized carbons (Fsp3) is 0.421. The van der Waals surface area contributed by atoms with Crippen molar-refractivity contribution in [3.63, 3.8) is 0 Å². The normalized spacial score (nSPS) is 18.2. The van der Waals surface area contributed by atoms with Gasteiger partial charge in [0.15, 0.2) is 0 Å². The molecule has 0 atom stereocenters. The van der Waals surface area contributed by atoms with Gasteiger partial charge < -0.3 is 20.5 Å². The molecule has 2 aromatic rings. The summed E-state index contributed by atoms with van der Waals surface area (Å²) in [5, 5.41) is 10.3. The lowest BCUT2D eigenvalue weighted by atomic mass is 9.76. The van der Waals surface area contributed by atoms with Crippen molar-refractivity contribution in [3.05, 3.63) is 41.1 Å². The van der Waals surface area contributed by atoms with Crippen LogP contribution in [0.2, 0.25) is 0 Å². The van der Waals surface area contributed by atoms with Crippen LogP contribution in [0.5, 0.6) is 6.01 Å². The average Bonchev–Trinajstić information content (AvgIpc) is 2.61. The number of benzene rings is 1. The summed E-state index contributed by atoms with van der Waals surface area (Å²) in [4.78, 5) is 22.9. The Bertz CT molecular complexity index is 847. The average molecular weight is 354 g/mol. The van der Waals surface area contributed by atoms with Crippen LogP contribution in [0.4, 0.5) is 11.5 Å². The predicted octanol–water partition coefficient (Wildman–Crippen LogP) is 1.73. The van der Waals surface area contributed by atoms with Gasteiger partial charge >= 0.3 is 6.01 Å². The fourth-order valence-electron chi connectivity index (χ4n) is 3.64. The van der Waals surface area contributed by atoms with Gasteiger partial charge in [-0.05, 0) is 37.0 Å². The third-order valence-electron chi connectivity index (χ3n) is 5.27. The second-order valence-electron chi connectivity index (χ2n) is 7.05. The van der Waals surface area contributed by atoms with Crippen LogP contribution in [0.15, 0.2) is 24.3 Å². The number of nitrogens with two attached hydrogens (primary N) is 1. The molecule has 0 bridgehead atoms. The number of hydrogen-bond acceptors (Lipinski definition) is 6. The highest BCUT2D eigenvalue weighted by Crippen LogP contribution is 2.35. The van der Waals surface area contributed by atoms with E-state index in [1.165, 1.54) is 7.11 Å². The highest BCUT2D eigenvalue weighted by atomic mass is 16.5. The molecule has 7 nitrogen and oxygen atoms in total. The van der Waals surface area contributed by atoms with Crippen LogP contribution in [0.3, 0.4) is 0 Å². The lowest BCUT2D eigenvalue weighted by Gasteiger charge is -2.36. The van der Waals surface area contributed by atoms with Crippen molar-refractivity contribution in [1.82, 2.24) is 9.97 Å². The molecule has 1 aliphatic heterocycles. The first kappa shape index (κ1) is 16.8. The standard InChI is InChI=1S/C19H22N4O3/c1-26-18-21-14-7-10-23(17(24)15(14)16(20)22-18)13-5-3-12(4-6-13)11-19(25)8-2-9-19/h3-6,25H,2,7-11H2,1H3,(H2,20,21,22). The van der Waals surface area contributed by atoms with E-state index in [1.54, 1.807) is 4.90 Å². The third-order valence-corrected chi connectivity index (χ3v) is 5.27. The molecular formula is C19H22N4O3. The van der Waals surface area contributed by atoms with E-state index in [4.69, 9.17) is 10.5 Å². The number of anilines is 2. The third kappa shape index (κ3) is 2.88. The number of amides is 1. The predicted molar refractivity (Wildman–Crippen MR) is 97.3 cm³/mol. The van der Waals surface area contributed by atoms with Crippen LogP contribution in [0, 0.1) is 0 Å². The molecule has 1 aliphatic carbocycles. The number of hydrogen-bond donors (Lipinski definition) is 2. The molecule has 1 saturated carbocycles. The molecule has 2 heterocycles. The van der Waals surface area contributed by atoms with Crippen molar-refractivity contribution < 1.29 is 14.6 Å². The number of carbonyl (C=O) groups excluding carboxylic acids is 1. The Morgan fingerprint density at radius 2 is 2.00 bits per heavy atom. The number of fused-ring (bicyclic) bond motifs is 1. The smallest absolute Gasteiger partial charge is 0.318 e. The number of methoxy groups -OCH3 is 1. The summed E-state index contributed by atoms with van der Waals surface area (Å²) < 4.78 is 5.03. The lowest BCUT2D eigenvalue weighted by Crippen LogP contribution is -2.39. The number of rotatable bonds is 4. The topological polar surface area (TPSA) is 102 Å². The minimum Gasteiger partial charge on any atom is -0.467 e. The zero-order valence-corrected chi connectivity index (χ0v) is 14.7. The maximum atomic E-state index is 12.9. The van der Waals surface area contributed by atoms with Gasteiger partial charge in [-0.15, -0.1) is 0 Å². The van der Waals surface area contributed by atoms with Crippen molar-refractivity contribution in [1.29, 1.82) is 0 Å². The van der Waals surface area contributed by atoms with Crippen LogP contribution in [0.1, 0.15) is 40.9 Å². The fourth-order valence-corrected chi connectivity index (χ4v) is 3.64. The zero-order valence-electron chi connectivity index (χ0n) is 14.7. The van der Waals surface area contributed by atoms with Gasteiger partial charge in [0.25, 0.3) is 5.91 Å². The summed E-state index contributed by atoms with van der Waals surface area (Å²) in [6.45, 7) is 0.523. The van der Waals surface area contributed by atoms with Gasteiger partial charge in [-0.3, -0.25) is 4.79 Å². The molecule has 7 heteroatoms. The molecule has 0 spiro atoms. The largest absolute Gasteiger partial charge is 0.467 e. The number of nitrogens with zero attached hydrogens (tertiary/aromatic N) is 3. The summed E-state index contributed by atoms with van der Waals surface area (Å²) in [6.07, 6.45) is 4.05. The molecule has 1 amide bonds. The van der Waals surface area contributed by atoms with Crippen molar-refractivity contribution in [2.75, 3.05) is 24.3 Å². The Morgan fingerprint density at radius 1 is 1.27 bits per heavy atom.